The number of methoxy groups -OCH3 is 1. The van der Waals surface area contributed by atoms with Crippen molar-refractivity contribution in [3.05, 3.63) is 74.7 Å². The molecule has 11 nitrogen and oxygen atoms in total. The van der Waals surface area contributed by atoms with Crippen molar-refractivity contribution in [1.82, 2.24) is 18.9 Å². The van der Waals surface area contributed by atoms with E-state index in [9.17, 15) is 24.6 Å². The molecular weight excluding hydrogens is 548 g/mol. The van der Waals surface area contributed by atoms with E-state index in [0.717, 1.165) is 10.1 Å². The predicted octanol–water partition coefficient (Wildman–Crippen LogP) is 3.61. The van der Waals surface area contributed by atoms with Crippen molar-refractivity contribution in [3.63, 3.8) is 0 Å². The first-order valence-electron chi connectivity index (χ1n) is 13.5. The minimum atomic E-state index is -1.81. The Morgan fingerprint density at radius 3 is 2.51 bits per heavy atom. The van der Waals surface area contributed by atoms with Crippen molar-refractivity contribution in [2.24, 2.45) is 0 Å². The molecule has 3 heterocycles. The molecule has 1 saturated carbocycles. The number of fused-ring (bicyclic) bond motifs is 1. The summed E-state index contributed by atoms with van der Waals surface area (Å²) in [5.41, 5.74) is -1.91. The van der Waals surface area contributed by atoms with Gasteiger partial charge in [-0.2, -0.15) is 5.10 Å². The van der Waals surface area contributed by atoms with Gasteiger partial charge in [-0.1, -0.05) is 29.5 Å². The number of aliphatic hydroxyl groups excluding tert-OH is 1. The zero-order chi connectivity index (χ0) is 29.5. The number of benzene rings is 1. The van der Waals surface area contributed by atoms with Crippen LogP contribution in [0.2, 0.25) is 0 Å². The van der Waals surface area contributed by atoms with Gasteiger partial charge in [0.15, 0.2) is 0 Å². The van der Waals surface area contributed by atoms with E-state index >= 15 is 0 Å². The average molecular weight is 583 g/mol. The van der Waals surface area contributed by atoms with Crippen LogP contribution in [0, 0.1) is 6.92 Å². The molecule has 12 heteroatoms. The van der Waals surface area contributed by atoms with Gasteiger partial charge in [0.25, 0.3) is 5.56 Å². The molecule has 0 bridgehead atoms. The molecule has 0 saturated heterocycles. The maximum absolute atomic E-state index is 14.1. The Bertz CT molecular complexity index is 1680. The maximum Gasteiger partial charge on any atom is 0.333 e. The number of hydrogen-bond acceptors (Lipinski definition) is 8. The number of carboxylic acids is 1. The van der Waals surface area contributed by atoms with Crippen LogP contribution in [-0.4, -0.2) is 54.4 Å². The number of aliphatic hydroxyl groups is 1. The van der Waals surface area contributed by atoms with Crippen molar-refractivity contribution in [2.75, 3.05) is 7.11 Å². The summed E-state index contributed by atoms with van der Waals surface area (Å²) in [6.07, 6.45) is 4.72. The molecule has 0 aliphatic heterocycles. The number of aryl methyl sites for hydroxylation is 1. The van der Waals surface area contributed by atoms with Gasteiger partial charge in [-0.05, 0) is 58.6 Å². The summed E-state index contributed by atoms with van der Waals surface area (Å²) in [5, 5.41) is 25.3. The zero-order valence-corrected chi connectivity index (χ0v) is 24.3. The SMILES string of the molecule is COc1ccccc1[C@H](Cn1c(=O)n(C(C)(C)C(=O)O)c(=O)c2c(C)c(-n3cccn3)sc21)O[C@H]1CC[C@@H](O)CC1. The fourth-order valence-corrected chi connectivity index (χ4v) is 6.66. The van der Waals surface area contributed by atoms with Gasteiger partial charge in [-0.15, -0.1) is 0 Å². The van der Waals surface area contributed by atoms with Gasteiger partial charge < -0.3 is 19.7 Å². The molecule has 1 fully saturated rings. The molecular formula is C29H34N4O7S. The van der Waals surface area contributed by atoms with E-state index in [1.165, 1.54) is 29.8 Å². The second kappa shape index (κ2) is 11.3. The summed E-state index contributed by atoms with van der Waals surface area (Å²) in [5.74, 6) is -0.725. The molecule has 41 heavy (non-hydrogen) atoms. The van der Waals surface area contributed by atoms with Crippen LogP contribution < -0.4 is 16.0 Å². The first-order chi connectivity index (χ1) is 19.5. The highest BCUT2D eigenvalue weighted by molar-refractivity contribution is 7.21. The smallest absolute Gasteiger partial charge is 0.333 e. The first-order valence-corrected chi connectivity index (χ1v) is 14.4. The second-order valence-corrected chi connectivity index (χ2v) is 11.8. The molecule has 0 spiro atoms. The highest BCUT2D eigenvalue weighted by atomic mass is 32.1. The van der Waals surface area contributed by atoms with E-state index in [-0.39, 0.29) is 24.1 Å². The standard InChI is InChI=1S/C29H34N4O7S/c1-17-23-24(35)33(29(2,3)27(36)37)28(38)31(26(23)41-25(17)32-15-7-14-30-32)16-22(20-8-5-6-9-21(20)39-4)40-19-12-10-18(34)11-13-19/h5-9,14-15,18-19,22,34H,10-13,16H2,1-4H3,(H,36,37)/t18-,19+,22-/m0/s1. The number of carboxylic acid groups (broad SMARTS) is 1. The third-order valence-corrected chi connectivity index (χ3v) is 9.12. The average Bonchev–Trinajstić information content (AvgIpc) is 3.59. The highest BCUT2D eigenvalue weighted by Gasteiger charge is 2.36. The fourth-order valence-electron chi connectivity index (χ4n) is 5.42. The molecule has 0 unspecified atom stereocenters. The largest absolute Gasteiger partial charge is 0.496 e. The van der Waals surface area contributed by atoms with Crippen LogP contribution in [-0.2, 0) is 21.6 Å². The topological polar surface area (TPSA) is 138 Å². The van der Waals surface area contributed by atoms with Crippen LogP contribution >= 0.6 is 11.3 Å². The molecule has 1 aromatic carbocycles. The van der Waals surface area contributed by atoms with Crippen LogP contribution in [0.25, 0.3) is 15.2 Å². The first kappa shape index (κ1) is 28.8. The van der Waals surface area contributed by atoms with E-state index in [4.69, 9.17) is 9.47 Å². The van der Waals surface area contributed by atoms with Gasteiger partial charge in [0.1, 0.15) is 27.2 Å². The number of carbonyl (C=O) groups is 1. The number of aliphatic carboxylic acids is 1. The quantitative estimate of drug-likeness (QED) is 0.305. The molecule has 0 amide bonds. The Hall–Kier alpha value is -3.74. The predicted molar refractivity (Wildman–Crippen MR) is 154 cm³/mol. The molecule has 3 aromatic heterocycles. The lowest BCUT2D eigenvalue weighted by Gasteiger charge is -2.31. The Morgan fingerprint density at radius 1 is 1.17 bits per heavy atom. The van der Waals surface area contributed by atoms with E-state index in [1.807, 2.05) is 24.3 Å². The zero-order valence-electron chi connectivity index (χ0n) is 23.4. The molecule has 5 rings (SSSR count). The number of nitrogens with zero attached hydrogens (tertiary/aromatic N) is 4. The van der Waals surface area contributed by atoms with Gasteiger partial charge in [-0.3, -0.25) is 9.36 Å². The lowest BCUT2D eigenvalue weighted by atomic mass is 9.94. The van der Waals surface area contributed by atoms with E-state index in [2.05, 4.69) is 5.10 Å². The Labute approximate surface area is 240 Å². The molecule has 218 valence electrons. The Morgan fingerprint density at radius 2 is 1.88 bits per heavy atom. The number of hydrogen-bond donors (Lipinski definition) is 2. The summed E-state index contributed by atoms with van der Waals surface area (Å²) < 4.78 is 16.2. The number of thiophene rings is 1. The van der Waals surface area contributed by atoms with Gasteiger partial charge in [0, 0.05) is 23.5 Å². The molecule has 4 aromatic rings. The number of para-hydroxylation sites is 1. The summed E-state index contributed by atoms with van der Waals surface area (Å²) in [7, 11) is 1.56. The van der Waals surface area contributed by atoms with E-state index in [1.54, 1.807) is 37.2 Å². The molecule has 1 aliphatic rings. The highest BCUT2D eigenvalue weighted by Crippen LogP contribution is 2.36. The minimum Gasteiger partial charge on any atom is -0.496 e. The third-order valence-electron chi connectivity index (χ3n) is 7.82. The van der Waals surface area contributed by atoms with E-state index in [0.29, 0.717) is 46.8 Å². The van der Waals surface area contributed by atoms with Crippen LogP contribution in [0.4, 0.5) is 0 Å². The Kier molecular flexibility index (Phi) is 7.91. The van der Waals surface area contributed by atoms with Crippen LogP contribution in [0.15, 0.2) is 52.3 Å². The number of rotatable bonds is 9. The monoisotopic (exact) mass is 582 g/mol. The molecule has 1 aliphatic carbocycles. The van der Waals surface area contributed by atoms with Gasteiger partial charge in [-0.25, -0.2) is 18.8 Å². The van der Waals surface area contributed by atoms with Crippen LogP contribution in [0.5, 0.6) is 5.75 Å². The lowest BCUT2D eigenvalue weighted by molar-refractivity contribution is -0.146. The van der Waals surface area contributed by atoms with Gasteiger partial charge in [0.2, 0.25) is 0 Å². The fraction of sp³-hybridized carbons (Fsp3) is 0.448. The van der Waals surface area contributed by atoms with Crippen LogP contribution in [0.3, 0.4) is 0 Å². The van der Waals surface area contributed by atoms with Crippen molar-refractivity contribution in [2.45, 2.75) is 76.9 Å². The Balaban J connectivity index is 1.74. The lowest BCUT2D eigenvalue weighted by Crippen LogP contribution is -2.52. The molecule has 2 N–H and O–H groups in total. The molecule has 1 atom stereocenters. The van der Waals surface area contributed by atoms with Gasteiger partial charge >= 0.3 is 11.7 Å². The second-order valence-electron chi connectivity index (χ2n) is 10.9. The van der Waals surface area contributed by atoms with Gasteiger partial charge in [0.05, 0.1) is 31.2 Å². The summed E-state index contributed by atoms with van der Waals surface area (Å²) >= 11 is 1.24. The summed E-state index contributed by atoms with van der Waals surface area (Å²) in [6, 6.07) is 9.14. The normalized spacial score (nSPS) is 18.5. The minimum absolute atomic E-state index is 0.00321. The number of aromatic nitrogens is 4. The van der Waals surface area contributed by atoms with Crippen molar-refractivity contribution in [3.8, 4) is 10.8 Å². The summed E-state index contributed by atoms with van der Waals surface area (Å²) in [6.45, 7) is 4.45. The molecule has 0 radical (unpaired) electrons. The van der Waals surface area contributed by atoms with E-state index < -0.39 is 28.9 Å². The maximum atomic E-state index is 14.1. The van der Waals surface area contributed by atoms with Crippen molar-refractivity contribution in [1.29, 1.82) is 0 Å². The summed E-state index contributed by atoms with van der Waals surface area (Å²) in [4.78, 5) is 40.7. The van der Waals surface area contributed by atoms with Crippen molar-refractivity contribution < 1.29 is 24.5 Å². The van der Waals surface area contributed by atoms with Crippen LogP contribution in [0.1, 0.15) is 56.8 Å². The number of ether oxygens (including phenoxy) is 2. The third kappa shape index (κ3) is 5.22. The van der Waals surface area contributed by atoms with Crippen molar-refractivity contribution >= 4 is 27.5 Å².